The minimum absolute atomic E-state index is 0.0729. The topological polar surface area (TPSA) is 54.5 Å². The van der Waals surface area contributed by atoms with Gasteiger partial charge >= 0.3 is 0 Å². The van der Waals surface area contributed by atoms with E-state index in [1.807, 2.05) is 18.5 Å². The fraction of sp³-hybridized carbons (Fsp3) is 0.0962. The SMILES string of the molecule is C1=CCCC(c2nc(-c3ccc(-c4ccc(-c5ccc6c(c5)C57c8ccccc8C5c5ccccc5C67)cc4)cc3)nc(-c3ccccc3-c3cc[nH]c3)n2)=C1. The van der Waals surface area contributed by atoms with E-state index in [1.165, 1.54) is 50.1 Å². The number of hydrogen-bond donors (Lipinski definition) is 1. The van der Waals surface area contributed by atoms with Gasteiger partial charge in [-0.1, -0.05) is 152 Å². The first-order valence-electron chi connectivity index (χ1n) is 19.6. The Balaban J connectivity index is 0.862. The summed E-state index contributed by atoms with van der Waals surface area (Å²) in [5.74, 6) is 2.99. The monoisotopic (exact) mass is 716 g/mol. The first kappa shape index (κ1) is 31.4. The maximum absolute atomic E-state index is 5.09. The molecule has 0 saturated carbocycles. The minimum Gasteiger partial charge on any atom is -0.367 e. The van der Waals surface area contributed by atoms with Gasteiger partial charge in [0.2, 0.25) is 0 Å². The van der Waals surface area contributed by atoms with Crippen molar-refractivity contribution in [3.63, 3.8) is 0 Å². The zero-order valence-electron chi connectivity index (χ0n) is 30.7. The third-order valence-corrected chi connectivity index (χ3v) is 12.8. The van der Waals surface area contributed by atoms with Crippen molar-refractivity contribution in [1.82, 2.24) is 19.9 Å². The predicted octanol–water partition coefficient (Wildman–Crippen LogP) is 12.2. The van der Waals surface area contributed by atoms with E-state index in [0.29, 0.717) is 23.5 Å². The molecule has 8 aromatic rings. The third kappa shape index (κ3) is 4.44. The molecule has 4 aliphatic carbocycles. The van der Waals surface area contributed by atoms with E-state index < -0.39 is 0 Å². The fourth-order valence-electron chi connectivity index (χ4n) is 10.2. The zero-order chi connectivity index (χ0) is 36.8. The van der Waals surface area contributed by atoms with Crippen LogP contribution in [0.4, 0.5) is 0 Å². The molecule has 2 aromatic heterocycles. The molecule has 2 heterocycles. The van der Waals surface area contributed by atoms with Crippen LogP contribution in [0.1, 0.15) is 63.9 Å². The van der Waals surface area contributed by atoms with Gasteiger partial charge in [-0.15, -0.1) is 0 Å². The largest absolute Gasteiger partial charge is 0.367 e. The first-order valence-corrected chi connectivity index (χ1v) is 19.6. The molecule has 4 aliphatic rings. The van der Waals surface area contributed by atoms with Gasteiger partial charge in [0.25, 0.3) is 0 Å². The predicted molar refractivity (Wildman–Crippen MR) is 225 cm³/mol. The van der Waals surface area contributed by atoms with Gasteiger partial charge in [-0.05, 0) is 97.3 Å². The summed E-state index contributed by atoms with van der Waals surface area (Å²) in [5.41, 5.74) is 19.2. The maximum atomic E-state index is 5.09. The average molecular weight is 717 g/mol. The van der Waals surface area contributed by atoms with Gasteiger partial charge in [-0.3, -0.25) is 0 Å². The van der Waals surface area contributed by atoms with Gasteiger partial charge in [-0.25, -0.2) is 15.0 Å². The summed E-state index contributed by atoms with van der Waals surface area (Å²) in [7, 11) is 0. The van der Waals surface area contributed by atoms with Crippen LogP contribution in [-0.2, 0) is 5.41 Å². The van der Waals surface area contributed by atoms with E-state index in [4.69, 9.17) is 15.0 Å². The Labute approximate surface area is 326 Å². The van der Waals surface area contributed by atoms with E-state index in [0.717, 1.165) is 52.1 Å². The van der Waals surface area contributed by atoms with Crippen LogP contribution in [0, 0.1) is 0 Å². The van der Waals surface area contributed by atoms with E-state index in [1.54, 1.807) is 0 Å². The molecule has 4 heteroatoms. The van der Waals surface area contributed by atoms with Crippen molar-refractivity contribution in [3.05, 3.63) is 215 Å². The summed E-state index contributed by atoms with van der Waals surface area (Å²) in [6.07, 6.45) is 12.3. The van der Waals surface area contributed by atoms with Crippen molar-refractivity contribution in [2.45, 2.75) is 30.1 Å². The molecular weight excluding hydrogens is 681 g/mol. The van der Waals surface area contributed by atoms with Crippen LogP contribution in [0.3, 0.4) is 0 Å². The average Bonchev–Trinajstić information content (AvgIpc) is 3.88. The molecule has 3 atom stereocenters. The first-order chi connectivity index (χ1) is 27.8. The molecule has 1 spiro atoms. The van der Waals surface area contributed by atoms with Crippen LogP contribution in [0.25, 0.3) is 61.7 Å². The van der Waals surface area contributed by atoms with E-state index in [9.17, 15) is 0 Å². The lowest BCUT2D eigenvalue weighted by atomic mass is 9.43. The molecule has 0 amide bonds. The van der Waals surface area contributed by atoms with Gasteiger partial charge in [0.05, 0.1) is 0 Å². The van der Waals surface area contributed by atoms with Gasteiger partial charge < -0.3 is 4.98 Å². The Morgan fingerprint density at radius 2 is 1.07 bits per heavy atom. The molecule has 12 rings (SSSR count). The molecule has 1 N–H and O–H groups in total. The minimum atomic E-state index is 0.0729. The normalized spacial score (nSPS) is 19.4. The molecule has 0 fully saturated rings. The van der Waals surface area contributed by atoms with Crippen LogP contribution in [0.2, 0.25) is 0 Å². The third-order valence-electron chi connectivity index (χ3n) is 12.8. The van der Waals surface area contributed by atoms with Crippen molar-refractivity contribution >= 4 is 5.57 Å². The highest BCUT2D eigenvalue weighted by atomic mass is 15.0. The number of aromatic nitrogens is 4. The Bertz CT molecular complexity index is 2920. The fourth-order valence-corrected chi connectivity index (χ4v) is 10.2. The van der Waals surface area contributed by atoms with E-state index >= 15 is 0 Å². The van der Waals surface area contributed by atoms with Crippen molar-refractivity contribution in [2.75, 3.05) is 0 Å². The Morgan fingerprint density at radius 3 is 1.77 bits per heavy atom. The van der Waals surface area contributed by atoms with Crippen molar-refractivity contribution in [1.29, 1.82) is 0 Å². The number of allylic oxidation sites excluding steroid dienone is 4. The second-order valence-electron chi connectivity index (χ2n) is 15.5. The molecule has 3 unspecified atom stereocenters. The molecule has 264 valence electrons. The highest BCUT2D eigenvalue weighted by Gasteiger charge is 2.69. The standard InChI is InChI=1S/C52H36N4/c1-2-10-35(11-3-1)49-54-50(56-51(55-49)42-15-7-4-12-39(42)38-28-29-53-31-38)36-24-22-33(23-25-36)32-18-20-34(21-19-32)37-26-27-44-46(30-37)52-45-17-9-8-16-43(45)47(52)40-13-5-6-14-41(40)48(44)52/h1-2,4-10,12-31,47-48,53H,3,11H2. The summed E-state index contributed by atoms with van der Waals surface area (Å²) in [6, 6.07) is 53.6. The number of aromatic amines is 1. The number of nitrogens with zero attached hydrogens (tertiary/aromatic N) is 3. The van der Waals surface area contributed by atoms with Crippen molar-refractivity contribution in [3.8, 4) is 56.2 Å². The molecule has 6 aromatic carbocycles. The van der Waals surface area contributed by atoms with Crippen LogP contribution >= 0.6 is 0 Å². The summed E-state index contributed by atoms with van der Waals surface area (Å²) in [4.78, 5) is 18.4. The molecule has 0 bridgehead atoms. The molecular formula is C52H36N4. The van der Waals surface area contributed by atoms with Gasteiger partial charge in [0.15, 0.2) is 17.5 Å². The summed E-state index contributed by atoms with van der Waals surface area (Å²) in [6.45, 7) is 0. The molecule has 0 radical (unpaired) electrons. The maximum Gasteiger partial charge on any atom is 0.164 e. The lowest BCUT2D eigenvalue weighted by Crippen LogP contribution is -2.52. The summed E-state index contributed by atoms with van der Waals surface area (Å²) >= 11 is 0. The van der Waals surface area contributed by atoms with Crippen LogP contribution in [-0.4, -0.2) is 19.9 Å². The summed E-state index contributed by atoms with van der Waals surface area (Å²) < 4.78 is 0. The lowest BCUT2D eigenvalue weighted by Gasteiger charge is -2.58. The van der Waals surface area contributed by atoms with Crippen LogP contribution in [0.5, 0.6) is 0 Å². The molecule has 0 aliphatic heterocycles. The zero-order valence-corrected chi connectivity index (χ0v) is 30.7. The smallest absolute Gasteiger partial charge is 0.164 e. The number of hydrogen-bond acceptors (Lipinski definition) is 3. The number of fused-ring (bicyclic) bond motifs is 7. The second-order valence-corrected chi connectivity index (χ2v) is 15.5. The highest BCUT2D eigenvalue weighted by Crippen LogP contribution is 2.77. The number of benzene rings is 6. The van der Waals surface area contributed by atoms with Crippen LogP contribution < -0.4 is 0 Å². The van der Waals surface area contributed by atoms with Gasteiger partial charge in [0, 0.05) is 40.8 Å². The van der Waals surface area contributed by atoms with E-state index in [2.05, 4.69) is 163 Å². The Kier molecular flexibility index (Phi) is 6.76. The quantitative estimate of drug-likeness (QED) is 0.186. The van der Waals surface area contributed by atoms with Crippen LogP contribution in [0.15, 0.2) is 176 Å². The number of nitrogens with one attached hydrogen (secondary N) is 1. The van der Waals surface area contributed by atoms with Gasteiger partial charge in [-0.2, -0.15) is 0 Å². The Morgan fingerprint density at radius 1 is 0.482 bits per heavy atom. The lowest BCUT2D eigenvalue weighted by molar-refractivity contribution is 0.333. The number of rotatable bonds is 6. The van der Waals surface area contributed by atoms with Crippen molar-refractivity contribution in [2.24, 2.45) is 0 Å². The highest BCUT2D eigenvalue weighted by molar-refractivity contribution is 5.83. The van der Waals surface area contributed by atoms with Gasteiger partial charge in [0.1, 0.15) is 0 Å². The summed E-state index contributed by atoms with van der Waals surface area (Å²) in [5, 5.41) is 0. The molecule has 4 nitrogen and oxygen atoms in total. The molecule has 56 heavy (non-hydrogen) atoms. The Hall–Kier alpha value is -6.91. The van der Waals surface area contributed by atoms with E-state index in [-0.39, 0.29) is 5.41 Å². The van der Waals surface area contributed by atoms with Crippen molar-refractivity contribution < 1.29 is 0 Å². The number of H-pyrrole nitrogens is 1. The second kappa shape index (κ2) is 12.0. The molecule has 0 saturated heterocycles.